The van der Waals surface area contributed by atoms with Crippen molar-refractivity contribution in [2.45, 2.75) is 20.3 Å². The van der Waals surface area contributed by atoms with Crippen molar-refractivity contribution in [3.63, 3.8) is 0 Å². The SMILES string of the molecule is CCC(C)CN(C)C(=O)c1cc(NN)c(F)cc1[N+](=O)[O-]. The third kappa shape index (κ3) is 3.88. The number of nitro benzene ring substituents is 1. The molecule has 1 atom stereocenters. The van der Waals surface area contributed by atoms with E-state index in [1.807, 2.05) is 13.8 Å². The monoisotopic (exact) mass is 298 g/mol. The van der Waals surface area contributed by atoms with Gasteiger partial charge in [0.1, 0.15) is 5.56 Å². The predicted molar refractivity (Wildman–Crippen MR) is 77.3 cm³/mol. The first-order valence-corrected chi connectivity index (χ1v) is 6.51. The molecule has 3 N–H and O–H groups in total. The fourth-order valence-electron chi connectivity index (χ4n) is 1.88. The van der Waals surface area contributed by atoms with Crippen molar-refractivity contribution >= 4 is 17.3 Å². The molecule has 0 saturated heterocycles. The van der Waals surface area contributed by atoms with E-state index in [1.54, 1.807) is 7.05 Å². The minimum absolute atomic E-state index is 0.166. The zero-order valence-corrected chi connectivity index (χ0v) is 12.2. The molecule has 21 heavy (non-hydrogen) atoms. The molecular weight excluding hydrogens is 279 g/mol. The Morgan fingerprint density at radius 1 is 1.57 bits per heavy atom. The molecule has 7 nitrogen and oxygen atoms in total. The standard InChI is InChI=1S/C13H19FN4O3/c1-4-8(2)7-17(3)13(19)9-5-11(16-15)10(14)6-12(9)18(20)21/h5-6,8,16H,4,7,15H2,1-3H3. The smallest absolute Gasteiger partial charge is 0.285 e. The number of nitrogens with zero attached hydrogens (tertiary/aromatic N) is 2. The van der Waals surface area contributed by atoms with Crippen LogP contribution in [0.5, 0.6) is 0 Å². The highest BCUT2D eigenvalue weighted by molar-refractivity contribution is 5.99. The van der Waals surface area contributed by atoms with Crippen molar-refractivity contribution in [3.05, 3.63) is 33.6 Å². The van der Waals surface area contributed by atoms with Crippen LogP contribution in [0.2, 0.25) is 0 Å². The van der Waals surface area contributed by atoms with Gasteiger partial charge in [-0.2, -0.15) is 0 Å². The molecule has 0 heterocycles. The fraction of sp³-hybridized carbons (Fsp3) is 0.462. The maximum Gasteiger partial charge on any atom is 0.285 e. The van der Waals surface area contributed by atoms with Gasteiger partial charge in [-0.1, -0.05) is 20.3 Å². The Hall–Kier alpha value is -2.22. The van der Waals surface area contributed by atoms with Crippen LogP contribution in [0.4, 0.5) is 15.8 Å². The maximum atomic E-state index is 13.5. The van der Waals surface area contributed by atoms with Crippen LogP contribution in [0.1, 0.15) is 30.6 Å². The topological polar surface area (TPSA) is 102 Å². The summed E-state index contributed by atoms with van der Waals surface area (Å²) in [6.45, 7) is 4.41. The zero-order valence-electron chi connectivity index (χ0n) is 12.2. The molecule has 1 rings (SSSR count). The molecule has 0 fully saturated rings. The molecule has 1 unspecified atom stereocenters. The molecule has 0 saturated carbocycles. The van der Waals surface area contributed by atoms with Crippen LogP contribution in [0.3, 0.4) is 0 Å². The lowest BCUT2D eigenvalue weighted by Crippen LogP contribution is -2.31. The number of nitrogen functional groups attached to an aromatic ring is 1. The largest absolute Gasteiger partial charge is 0.341 e. The number of benzene rings is 1. The van der Waals surface area contributed by atoms with E-state index in [9.17, 15) is 19.3 Å². The van der Waals surface area contributed by atoms with E-state index in [0.29, 0.717) is 12.6 Å². The van der Waals surface area contributed by atoms with Crippen molar-refractivity contribution in [2.75, 3.05) is 19.0 Å². The summed E-state index contributed by atoms with van der Waals surface area (Å²) in [6, 6.07) is 1.75. The lowest BCUT2D eigenvalue weighted by molar-refractivity contribution is -0.385. The number of hydrogen-bond acceptors (Lipinski definition) is 5. The minimum Gasteiger partial charge on any atom is -0.341 e. The number of nitrogens with two attached hydrogens (primary N) is 1. The number of nitrogens with one attached hydrogen (secondary N) is 1. The fourth-order valence-corrected chi connectivity index (χ4v) is 1.88. The molecule has 0 aliphatic carbocycles. The zero-order chi connectivity index (χ0) is 16.2. The summed E-state index contributed by atoms with van der Waals surface area (Å²) in [5, 5.41) is 11.0. The highest BCUT2D eigenvalue weighted by atomic mass is 19.1. The first kappa shape index (κ1) is 16.8. The van der Waals surface area contributed by atoms with Crippen LogP contribution in [0.25, 0.3) is 0 Å². The third-order valence-electron chi connectivity index (χ3n) is 3.30. The third-order valence-corrected chi connectivity index (χ3v) is 3.30. The summed E-state index contributed by atoms with van der Waals surface area (Å²) in [4.78, 5) is 23.9. The Balaban J connectivity index is 3.20. The van der Waals surface area contributed by atoms with Crippen LogP contribution in [0.15, 0.2) is 12.1 Å². The van der Waals surface area contributed by atoms with Crippen molar-refractivity contribution < 1.29 is 14.1 Å². The second-order valence-corrected chi connectivity index (χ2v) is 4.95. The average molecular weight is 298 g/mol. The molecule has 1 amide bonds. The summed E-state index contributed by atoms with van der Waals surface area (Å²) in [6.07, 6.45) is 0.874. The Morgan fingerprint density at radius 2 is 2.19 bits per heavy atom. The van der Waals surface area contributed by atoms with Gasteiger partial charge in [0.25, 0.3) is 11.6 Å². The van der Waals surface area contributed by atoms with E-state index in [1.165, 1.54) is 4.90 Å². The van der Waals surface area contributed by atoms with Crippen LogP contribution in [0, 0.1) is 21.8 Å². The van der Waals surface area contributed by atoms with E-state index < -0.39 is 22.3 Å². The number of rotatable bonds is 6. The van der Waals surface area contributed by atoms with Gasteiger partial charge in [0.05, 0.1) is 16.7 Å². The Bertz CT molecular complexity index is 550. The second-order valence-electron chi connectivity index (χ2n) is 4.95. The molecule has 1 aromatic rings. The number of hydrogen-bond donors (Lipinski definition) is 2. The molecule has 0 aromatic heterocycles. The highest BCUT2D eigenvalue weighted by Crippen LogP contribution is 2.27. The van der Waals surface area contributed by atoms with Crippen LogP contribution in [-0.2, 0) is 0 Å². The number of halogens is 1. The molecule has 1 aromatic carbocycles. The Morgan fingerprint density at radius 3 is 2.67 bits per heavy atom. The maximum absolute atomic E-state index is 13.5. The summed E-state index contributed by atoms with van der Waals surface area (Å²) in [5.74, 6) is 3.97. The van der Waals surface area contributed by atoms with Gasteiger partial charge in [-0.05, 0) is 12.0 Å². The molecule has 0 radical (unpaired) electrons. The number of carbonyl (C=O) groups excluding carboxylic acids is 1. The summed E-state index contributed by atoms with van der Waals surface area (Å²) in [5.41, 5.74) is 1.14. The molecule has 0 aliphatic rings. The minimum atomic E-state index is -0.884. The van der Waals surface area contributed by atoms with Gasteiger partial charge in [0.15, 0.2) is 5.82 Å². The van der Waals surface area contributed by atoms with Crippen molar-refractivity contribution in [1.82, 2.24) is 4.90 Å². The van der Waals surface area contributed by atoms with E-state index in [0.717, 1.165) is 12.5 Å². The van der Waals surface area contributed by atoms with Gasteiger partial charge < -0.3 is 10.3 Å². The van der Waals surface area contributed by atoms with Crippen LogP contribution in [-0.4, -0.2) is 29.3 Å². The van der Waals surface area contributed by atoms with Gasteiger partial charge in [0, 0.05) is 13.6 Å². The van der Waals surface area contributed by atoms with Crippen molar-refractivity contribution in [3.8, 4) is 0 Å². The van der Waals surface area contributed by atoms with E-state index in [-0.39, 0.29) is 17.2 Å². The van der Waals surface area contributed by atoms with Gasteiger partial charge in [0.2, 0.25) is 0 Å². The van der Waals surface area contributed by atoms with E-state index in [4.69, 9.17) is 5.84 Å². The van der Waals surface area contributed by atoms with Crippen molar-refractivity contribution in [2.24, 2.45) is 11.8 Å². The van der Waals surface area contributed by atoms with Crippen LogP contribution < -0.4 is 11.3 Å². The number of hydrazine groups is 1. The lowest BCUT2D eigenvalue weighted by atomic mass is 10.1. The second kappa shape index (κ2) is 6.98. The molecular formula is C13H19FN4O3. The Labute approximate surface area is 122 Å². The summed E-state index contributed by atoms with van der Waals surface area (Å²) in [7, 11) is 1.55. The predicted octanol–water partition coefficient (Wildman–Crippen LogP) is 2.14. The molecule has 0 aliphatic heterocycles. The van der Waals surface area contributed by atoms with Crippen LogP contribution >= 0.6 is 0 Å². The number of carbonyl (C=O) groups is 1. The molecule has 0 spiro atoms. The number of amides is 1. The molecule has 8 heteroatoms. The highest BCUT2D eigenvalue weighted by Gasteiger charge is 2.26. The van der Waals surface area contributed by atoms with Gasteiger partial charge in [-0.25, -0.2) is 4.39 Å². The Kier molecular flexibility index (Phi) is 5.60. The normalized spacial score (nSPS) is 11.9. The number of anilines is 1. The van der Waals surface area contributed by atoms with E-state index >= 15 is 0 Å². The first-order chi connectivity index (χ1) is 9.81. The van der Waals surface area contributed by atoms with Crippen molar-refractivity contribution in [1.29, 1.82) is 0 Å². The van der Waals surface area contributed by atoms with Gasteiger partial charge >= 0.3 is 0 Å². The van der Waals surface area contributed by atoms with Gasteiger partial charge in [-0.15, -0.1) is 0 Å². The van der Waals surface area contributed by atoms with Gasteiger partial charge in [-0.3, -0.25) is 20.8 Å². The number of nitro groups is 1. The summed E-state index contributed by atoms with van der Waals surface area (Å²) < 4.78 is 13.5. The first-order valence-electron chi connectivity index (χ1n) is 6.51. The van der Waals surface area contributed by atoms with E-state index in [2.05, 4.69) is 5.43 Å². The molecule has 116 valence electrons. The summed E-state index contributed by atoms with van der Waals surface area (Å²) >= 11 is 0. The average Bonchev–Trinajstić information content (AvgIpc) is 2.45. The molecule has 0 bridgehead atoms. The quantitative estimate of drug-likeness (QED) is 0.476. The lowest BCUT2D eigenvalue weighted by Gasteiger charge is -2.21.